The number of carbonyl (C=O) groups excluding carboxylic acids is 1. The van der Waals surface area contributed by atoms with Crippen LogP contribution in [0, 0.1) is 0 Å². The largest absolute Gasteiger partial charge is 0.357 e. The van der Waals surface area contributed by atoms with E-state index in [4.69, 9.17) is 0 Å². The van der Waals surface area contributed by atoms with Gasteiger partial charge in [-0.25, -0.2) is 0 Å². The number of likely N-dealkylation sites (tertiary alicyclic amines) is 1. The van der Waals surface area contributed by atoms with Crippen LogP contribution in [0.5, 0.6) is 0 Å². The predicted octanol–water partition coefficient (Wildman–Crippen LogP) is 4.36. The molecule has 3 heterocycles. The monoisotopic (exact) mass is 393 g/mol. The van der Waals surface area contributed by atoms with Gasteiger partial charge < -0.3 is 9.88 Å². The highest BCUT2D eigenvalue weighted by atomic mass is 16.2. The van der Waals surface area contributed by atoms with E-state index in [1.807, 2.05) is 29.2 Å². The number of fused-ring (bicyclic) bond motifs is 5. The Labute approximate surface area is 175 Å². The van der Waals surface area contributed by atoms with Crippen LogP contribution in [-0.4, -0.2) is 28.4 Å². The zero-order valence-corrected chi connectivity index (χ0v) is 16.6. The van der Waals surface area contributed by atoms with Crippen molar-refractivity contribution in [1.29, 1.82) is 0 Å². The fraction of sp³-hybridized carbons (Fsp3) is 0.192. The van der Waals surface area contributed by atoms with Gasteiger partial charge in [-0.3, -0.25) is 10.1 Å². The minimum absolute atomic E-state index is 0.0181. The standard InChI is InChI=1S/C26H23N3O/c30-26-24-20(16-29(26)15-17-9-3-1-4-10-17)22-19-13-7-8-14-21(19)27-25(22)23(28-24)18-11-5-2-6-12-18/h1-14,20,23-24,27-28H,15-16H2. The molecule has 30 heavy (non-hydrogen) atoms. The number of nitrogens with zero attached hydrogens (tertiary/aromatic N) is 1. The predicted molar refractivity (Wildman–Crippen MR) is 118 cm³/mol. The molecule has 3 unspecified atom stereocenters. The summed E-state index contributed by atoms with van der Waals surface area (Å²) in [6.07, 6.45) is 0. The maximum Gasteiger partial charge on any atom is 0.240 e. The molecule has 2 aliphatic rings. The maximum absolute atomic E-state index is 13.4. The van der Waals surface area contributed by atoms with E-state index >= 15 is 0 Å². The molecule has 0 spiro atoms. The average molecular weight is 393 g/mol. The number of aromatic nitrogens is 1. The molecule has 0 aliphatic carbocycles. The number of H-pyrrole nitrogens is 1. The van der Waals surface area contributed by atoms with Crippen LogP contribution in [0.15, 0.2) is 84.9 Å². The first-order valence-electron chi connectivity index (χ1n) is 10.5. The molecule has 6 rings (SSSR count). The van der Waals surface area contributed by atoms with Gasteiger partial charge in [0.1, 0.15) is 0 Å². The van der Waals surface area contributed by atoms with E-state index < -0.39 is 0 Å². The van der Waals surface area contributed by atoms with Crippen molar-refractivity contribution in [1.82, 2.24) is 15.2 Å². The van der Waals surface area contributed by atoms with Gasteiger partial charge in [-0.1, -0.05) is 78.9 Å². The van der Waals surface area contributed by atoms with Crippen LogP contribution in [-0.2, 0) is 11.3 Å². The summed E-state index contributed by atoms with van der Waals surface area (Å²) in [6.45, 7) is 1.39. The second-order valence-electron chi connectivity index (χ2n) is 8.30. The van der Waals surface area contributed by atoms with Crippen molar-refractivity contribution in [2.24, 2.45) is 0 Å². The Morgan fingerprint density at radius 1 is 0.867 bits per heavy atom. The fourth-order valence-electron chi connectivity index (χ4n) is 5.18. The quantitative estimate of drug-likeness (QED) is 0.543. The second kappa shape index (κ2) is 6.85. The van der Waals surface area contributed by atoms with Crippen molar-refractivity contribution in [3.63, 3.8) is 0 Å². The first-order valence-corrected chi connectivity index (χ1v) is 10.5. The minimum atomic E-state index is -0.203. The summed E-state index contributed by atoms with van der Waals surface area (Å²) in [5, 5.41) is 4.93. The van der Waals surface area contributed by atoms with Gasteiger partial charge in [0.25, 0.3) is 0 Å². The zero-order chi connectivity index (χ0) is 20.1. The summed E-state index contributed by atoms with van der Waals surface area (Å²) in [6, 6.07) is 28.9. The number of rotatable bonds is 3. The third kappa shape index (κ3) is 2.68. The van der Waals surface area contributed by atoms with Crippen LogP contribution in [0.4, 0.5) is 0 Å². The van der Waals surface area contributed by atoms with E-state index in [1.165, 1.54) is 27.8 Å². The molecule has 4 nitrogen and oxygen atoms in total. The van der Waals surface area contributed by atoms with E-state index in [2.05, 4.69) is 71.0 Å². The summed E-state index contributed by atoms with van der Waals surface area (Å²) in [5.74, 6) is 0.341. The molecule has 4 heteroatoms. The molecule has 148 valence electrons. The molecule has 2 aliphatic heterocycles. The van der Waals surface area contributed by atoms with Crippen molar-refractivity contribution in [3.8, 4) is 0 Å². The highest BCUT2D eigenvalue weighted by molar-refractivity contribution is 5.92. The SMILES string of the molecule is O=C1C2NC(c3ccccc3)c3[nH]c4ccccc4c3C2CN1Cc1ccccc1. The molecule has 0 radical (unpaired) electrons. The topological polar surface area (TPSA) is 48.1 Å². The smallest absolute Gasteiger partial charge is 0.240 e. The molecule has 0 saturated carbocycles. The number of hydrogen-bond acceptors (Lipinski definition) is 2. The van der Waals surface area contributed by atoms with E-state index in [0.717, 1.165) is 12.1 Å². The number of amides is 1. The van der Waals surface area contributed by atoms with E-state index in [9.17, 15) is 4.79 Å². The van der Waals surface area contributed by atoms with E-state index in [0.29, 0.717) is 6.54 Å². The van der Waals surface area contributed by atoms with Crippen molar-refractivity contribution < 1.29 is 4.79 Å². The molecule has 0 bridgehead atoms. The van der Waals surface area contributed by atoms with Crippen molar-refractivity contribution in [2.75, 3.05) is 6.54 Å². The zero-order valence-electron chi connectivity index (χ0n) is 16.6. The van der Waals surface area contributed by atoms with Crippen LogP contribution in [0.25, 0.3) is 10.9 Å². The Morgan fingerprint density at radius 2 is 1.57 bits per heavy atom. The normalized spacial score (nSPS) is 22.9. The van der Waals surface area contributed by atoms with Gasteiger partial charge in [-0.05, 0) is 22.8 Å². The molecule has 1 fully saturated rings. The van der Waals surface area contributed by atoms with Gasteiger partial charge in [0.2, 0.25) is 5.91 Å². The van der Waals surface area contributed by atoms with Crippen LogP contribution in [0.2, 0.25) is 0 Å². The lowest BCUT2D eigenvalue weighted by molar-refractivity contribution is -0.130. The summed E-state index contributed by atoms with van der Waals surface area (Å²) in [7, 11) is 0. The summed E-state index contributed by atoms with van der Waals surface area (Å²) >= 11 is 0. The van der Waals surface area contributed by atoms with Crippen molar-refractivity contribution >= 4 is 16.8 Å². The van der Waals surface area contributed by atoms with Gasteiger partial charge in [-0.2, -0.15) is 0 Å². The van der Waals surface area contributed by atoms with E-state index in [-0.39, 0.29) is 23.9 Å². The molecular formula is C26H23N3O. The molecule has 1 amide bonds. The number of aromatic amines is 1. The average Bonchev–Trinajstić information content (AvgIpc) is 3.33. The van der Waals surface area contributed by atoms with Gasteiger partial charge in [0, 0.05) is 35.6 Å². The van der Waals surface area contributed by atoms with Crippen molar-refractivity contribution in [3.05, 3.63) is 107 Å². The van der Waals surface area contributed by atoms with Crippen LogP contribution in [0.3, 0.4) is 0 Å². The highest BCUT2D eigenvalue weighted by Gasteiger charge is 2.48. The number of para-hydroxylation sites is 1. The maximum atomic E-state index is 13.4. The summed E-state index contributed by atoms with van der Waals surface area (Å²) < 4.78 is 0. The molecule has 1 aromatic heterocycles. The molecular weight excluding hydrogens is 370 g/mol. The van der Waals surface area contributed by atoms with Crippen LogP contribution < -0.4 is 5.32 Å². The van der Waals surface area contributed by atoms with E-state index in [1.54, 1.807) is 0 Å². The molecule has 4 aromatic rings. The minimum Gasteiger partial charge on any atom is -0.357 e. The molecule has 3 aromatic carbocycles. The van der Waals surface area contributed by atoms with Crippen LogP contribution >= 0.6 is 0 Å². The Bertz CT molecular complexity index is 1220. The summed E-state index contributed by atoms with van der Waals surface area (Å²) in [5.41, 5.74) is 5.98. The molecule has 3 atom stereocenters. The lowest BCUT2D eigenvalue weighted by Crippen LogP contribution is -2.45. The first-order chi connectivity index (χ1) is 14.8. The molecule has 1 saturated heterocycles. The first kappa shape index (κ1) is 17.5. The third-order valence-corrected chi connectivity index (χ3v) is 6.53. The third-order valence-electron chi connectivity index (χ3n) is 6.53. The Balaban J connectivity index is 1.45. The number of carbonyl (C=O) groups is 1. The van der Waals surface area contributed by atoms with Crippen LogP contribution in [0.1, 0.15) is 34.3 Å². The lowest BCUT2D eigenvalue weighted by Gasteiger charge is -2.32. The number of benzene rings is 3. The van der Waals surface area contributed by atoms with Crippen molar-refractivity contribution in [2.45, 2.75) is 24.5 Å². The Hall–Kier alpha value is -3.37. The van der Waals surface area contributed by atoms with Gasteiger partial charge >= 0.3 is 0 Å². The second-order valence-corrected chi connectivity index (χ2v) is 8.30. The van der Waals surface area contributed by atoms with Gasteiger partial charge in [0.05, 0.1) is 12.1 Å². The Morgan fingerprint density at radius 3 is 2.37 bits per heavy atom. The number of nitrogens with one attached hydrogen (secondary N) is 2. The Kier molecular flexibility index (Phi) is 3.99. The van der Waals surface area contributed by atoms with Gasteiger partial charge in [0.15, 0.2) is 0 Å². The summed E-state index contributed by atoms with van der Waals surface area (Å²) in [4.78, 5) is 19.1. The lowest BCUT2D eigenvalue weighted by atomic mass is 9.83. The highest BCUT2D eigenvalue weighted by Crippen LogP contribution is 2.44. The number of hydrogen-bond donors (Lipinski definition) is 2. The fourth-order valence-corrected chi connectivity index (χ4v) is 5.18. The molecule has 2 N–H and O–H groups in total. The van der Waals surface area contributed by atoms with Gasteiger partial charge in [-0.15, -0.1) is 0 Å².